The quantitative estimate of drug-likeness (QED) is 0.677. The largest absolute Gasteiger partial charge is 0.332 e. The molecule has 0 saturated heterocycles. The van der Waals surface area contributed by atoms with E-state index in [1.807, 2.05) is 42.7 Å². The monoisotopic (exact) mass is 351 g/mol. The Morgan fingerprint density at radius 2 is 2.04 bits per heavy atom. The number of aryl methyl sites for hydroxylation is 2. The van der Waals surface area contributed by atoms with Crippen molar-refractivity contribution in [3.05, 3.63) is 62.8 Å². The fraction of sp³-hybridized carbons (Fsp3) is 0.316. The average molecular weight is 351 g/mol. The zero-order chi connectivity index (χ0) is 18.4. The molecule has 7 nitrogen and oxygen atoms in total. The summed E-state index contributed by atoms with van der Waals surface area (Å²) in [5.41, 5.74) is 2.49. The lowest BCUT2D eigenvalue weighted by molar-refractivity contribution is 0.661. The number of rotatable bonds is 3. The number of aromatic nitrogens is 4. The summed E-state index contributed by atoms with van der Waals surface area (Å²) in [4.78, 5) is 32.3. The zero-order valence-corrected chi connectivity index (χ0v) is 15.1. The van der Waals surface area contributed by atoms with Crippen LogP contribution in [0.5, 0.6) is 0 Å². The molecule has 0 bridgehead atoms. The van der Waals surface area contributed by atoms with Gasteiger partial charge in [-0.05, 0) is 31.5 Å². The van der Waals surface area contributed by atoms with Crippen LogP contribution in [0.3, 0.4) is 0 Å². The van der Waals surface area contributed by atoms with Crippen molar-refractivity contribution >= 4 is 22.8 Å². The van der Waals surface area contributed by atoms with Crippen LogP contribution in [0.1, 0.15) is 12.5 Å². The fourth-order valence-corrected chi connectivity index (χ4v) is 3.49. The summed E-state index contributed by atoms with van der Waals surface area (Å²) in [6.07, 6.45) is 3.63. The van der Waals surface area contributed by atoms with Crippen molar-refractivity contribution in [2.45, 2.75) is 26.9 Å². The number of hydrogen-bond donors (Lipinski definition) is 0. The fourth-order valence-electron chi connectivity index (χ4n) is 3.49. The summed E-state index contributed by atoms with van der Waals surface area (Å²) >= 11 is 0. The molecule has 0 saturated carbocycles. The molecule has 1 aromatic carbocycles. The second-order valence-corrected chi connectivity index (χ2v) is 6.55. The molecule has 0 N–H and O–H groups in total. The zero-order valence-electron chi connectivity index (χ0n) is 15.1. The normalized spacial score (nSPS) is 13.9. The van der Waals surface area contributed by atoms with E-state index in [-0.39, 0.29) is 17.8 Å². The Morgan fingerprint density at radius 1 is 1.23 bits per heavy atom. The Morgan fingerprint density at radius 3 is 2.77 bits per heavy atom. The van der Waals surface area contributed by atoms with Crippen molar-refractivity contribution in [1.29, 1.82) is 0 Å². The molecule has 0 aliphatic carbocycles. The molecule has 2 aromatic heterocycles. The smallest absolute Gasteiger partial charge is 0.310 e. The van der Waals surface area contributed by atoms with Crippen LogP contribution >= 0.6 is 0 Å². The van der Waals surface area contributed by atoms with Gasteiger partial charge in [-0.1, -0.05) is 24.3 Å². The highest BCUT2D eigenvalue weighted by Gasteiger charge is 2.28. The second kappa shape index (κ2) is 6.01. The van der Waals surface area contributed by atoms with E-state index in [1.54, 1.807) is 13.1 Å². The van der Waals surface area contributed by atoms with Crippen LogP contribution in [0.4, 0.5) is 11.6 Å². The number of allylic oxidation sites excluding steroid dienone is 2. The molecule has 0 spiro atoms. The van der Waals surface area contributed by atoms with Gasteiger partial charge in [0.05, 0.1) is 0 Å². The summed E-state index contributed by atoms with van der Waals surface area (Å²) < 4.78 is 4.64. The molecule has 3 aromatic rings. The van der Waals surface area contributed by atoms with E-state index in [9.17, 15) is 9.59 Å². The van der Waals surface area contributed by atoms with Crippen molar-refractivity contribution in [2.24, 2.45) is 7.05 Å². The maximum absolute atomic E-state index is 13.0. The van der Waals surface area contributed by atoms with E-state index < -0.39 is 0 Å². The second-order valence-electron chi connectivity index (χ2n) is 6.55. The van der Waals surface area contributed by atoms with Gasteiger partial charge < -0.3 is 9.47 Å². The van der Waals surface area contributed by atoms with Gasteiger partial charge in [-0.3, -0.25) is 13.9 Å². The van der Waals surface area contributed by atoms with Gasteiger partial charge in [-0.2, -0.15) is 4.98 Å². The van der Waals surface area contributed by atoms with Crippen LogP contribution < -0.4 is 16.1 Å². The van der Waals surface area contributed by atoms with Gasteiger partial charge in [0.25, 0.3) is 5.56 Å². The minimum Gasteiger partial charge on any atom is -0.310 e. The molecule has 0 fully saturated rings. The Hall–Kier alpha value is -3.09. The number of anilines is 2. The number of fused-ring (bicyclic) bond motifs is 3. The Bertz CT molecular complexity index is 1150. The van der Waals surface area contributed by atoms with Crippen molar-refractivity contribution in [3.63, 3.8) is 0 Å². The maximum Gasteiger partial charge on any atom is 0.332 e. The van der Waals surface area contributed by atoms with Crippen LogP contribution in [-0.4, -0.2) is 25.2 Å². The predicted octanol–water partition coefficient (Wildman–Crippen LogP) is 1.93. The Balaban J connectivity index is 1.95. The van der Waals surface area contributed by atoms with E-state index in [0.717, 1.165) is 17.8 Å². The van der Waals surface area contributed by atoms with Gasteiger partial charge in [0.1, 0.15) is 0 Å². The van der Waals surface area contributed by atoms with E-state index in [0.29, 0.717) is 23.7 Å². The molecular weight excluding hydrogens is 330 g/mol. The summed E-state index contributed by atoms with van der Waals surface area (Å²) in [7, 11) is 1.66. The maximum atomic E-state index is 13.0. The van der Waals surface area contributed by atoms with Crippen molar-refractivity contribution < 1.29 is 0 Å². The summed E-state index contributed by atoms with van der Waals surface area (Å²) in [5.74, 6) is 0.710. The highest BCUT2D eigenvalue weighted by Crippen LogP contribution is 2.31. The number of nitrogens with zero attached hydrogens (tertiary/aromatic N) is 5. The topological polar surface area (TPSA) is 65.1 Å². The third-order valence-electron chi connectivity index (χ3n) is 4.84. The van der Waals surface area contributed by atoms with E-state index >= 15 is 0 Å². The summed E-state index contributed by atoms with van der Waals surface area (Å²) in [6, 6.07) is 8.19. The lowest BCUT2D eigenvalue weighted by Crippen LogP contribution is -2.39. The SMILES string of the molecule is C/C=C/Cn1c(=O)c2c(nc3n2CCN3c2cccc(C)c2)n(C)c1=O. The number of benzene rings is 1. The molecule has 4 rings (SSSR count). The highest BCUT2D eigenvalue weighted by atomic mass is 16.2. The first kappa shape index (κ1) is 16.4. The van der Waals surface area contributed by atoms with Gasteiger partial charge in [-0.25, -0.2) is 4.79 Å². The van der Waals surface area contributed by atoms with Crippen LogP contribution in [0, 0.1) is 6.92 Å². The molecule has 3 heterocycles. The molecule has 0 radical (unpaired) electrons. The first-order valence-corrected chi connectivity index (χ1v) is 8.68. The molecule has 7 heteroatoms. The molecule has 0 atom stereocenters. The van der Waals surface area contributed by atoms with E-state index in [2.05, 4.69) is 16.0 Å². The number of imidazole rings is 1. The Kier molecular flexibility index (Phi) is 3.79. The van der Waals surface area contributed by atoms with Gasteiger partial charge in [0.15, 0.2) is 11.2 Å². The van der Waals surface area contributed by atoms with Crippen molar-refractivity contribution in [3.8, 4) is 0 Å². The first-order valence-electron chi connectivity index (χ1n) is 8.68. The van der Waals surface area contributed by atoms with Crippen molar-refractivity contribution in [1.82, 2.24) is 18.7 Å². The van der Waals surface area contributed by atoms with Gasteiger partial charge in [0, 0.05) is 32.4 Å². The van der Waals surface area contributed by atoms with Crippen LogP contribution in [0.2, 0.25) is 0 Å². The molecule has 1 aliphatic rings. The van der Waals surface area contributed by atoms with Crippen LogP contribution in [0.15, 0.2) is 46.0 Å². The first-order chi connectivity index (χ1) is 12.5. The number of hydrogen-bond acceptors (Lipinski definition) is 4. The minimum atomic E-state index is -0.348. The highest BCUT2D eigenvalue weighted by molar-refractivity contribution is 5.77. The molecule has 134 valence electrons. The predicted molar refractivity (Wildman–Crippen MR) is 102 cm³/mol. The minimum absolute atomic E-state index is 0.264. The average Bonchev–Trinajstić information content (AvgIpc) is 3.19. The Labute approximate surface area is 150 Å². The van der Waals surface area contributed by atoms with Crippen LogP contribution in [-0.2, 0) is 20.1 Å². The molecule has 0 amide bonds. The lowest BCUT2D eigenvalue weighted by atomic mass is 10.2. The lowest BCUT2D eigenvalue weighted by Gasteiger charge is -2.16. The van der Waals surface area contributed by atoms with Gasteiger partial charge in [-0.15, -0.1) is 0 Å². The molecular formula is C19H21N5O2. The van der Waals surface area contributed by atoms with Gasteiger partial charge in [0.2, 0.25) is 5.95 Å². The summed E-state index contributed by atoms with van der Waals surface area (Å²) in [6.45, 7) is 5.59. The summed E-state index contributed by atoms with van der Waals surface area (Å²) in [5, 5.41) is 0. The third kappa shape index (κ3) is 2.31. The van der Waals surface area contributed by atoms with Crippen molar-refractivity contribution in [2.75, 3.05) is 11.4 Å². The van der Waals surface area contributed by atoms with E-state index in [4.69, 9.17) is 0 Å². The molecule has 1 aliphatic heterocycles. The van der Waals surface area contributed by atoms with E-state index in [1.165, 1.54) is 9.13 Å². The standard InChI is InChI=1S/C19H21N5O2/c1-4-5-9-24-17(25)15-16(21(3)19(24)26)20-18-22(10-11-23(15)18)14-8-6-7-13(2)12-14/h4-8,12H,9-11H2,1-3H3/b5-4+. The molecule has 0 unspecified atom stereocenters. The molecule has 26 heavy (non-hydrogen) atoms. The van der Waals surface area contributed by atoms with Gasteiger partial charge >= 0.3 is 5.69 Å². The third-order valence-corrected chi connectivity index (χ3v) is 4.84. The van der Waals surface area contributed by atoms with Crippen LogP contribution in [0.25, 0.3) is 11.2 Å².